The number of rotatable bonds is 4. The summed E-state index contributed by atoms with van der Waals surface area (Å²) in [4.78, 5) is 35.0. The molecule has 0 saturated carbocycles. The minimum Gasteiger partial charge on any atom is -0.481 e. The number of hydrogen-bond donors (Lipinski definition) is 1. The number of carbonyl (C=O) groups is 2. The lowest BCUT2D eigenvalue weighted by molar-refractivity contribution is -0.215. The zero-order valence-corrected chi connectivity index (χ0v) is 16.9. The largest absolute Gasteiger partial charge is 0.481 e. The molecular weight excluding hydrogens is 427 g/mol. The highest BCUT2D eigenvalue weighted by molar-refractivity contribution is 5.94. The minimum atomic E-state index is -4.59. The lowest BCUT2D eigenvalue weighted by Crippen LogP contribution is -2.28. The molecule has 2 heterocycles. The van der Waals surface area contributed by atoms with E-state index in [2.05, 4.69) is 0 Å². The van der Waals surface area contributed by atoms with Crippen molar-refractivity contribution in [3.05, 3.63) is 59.2 Å². The molecule has 4 rings (SSSR count). The van der Waals surface area contributed by atoms with Gasteiger partial charge in [0.1, 0.15) is 0 Å². The molecule has 0 aromatic heterocycles. The number of fused-ring (bicyclic) bond motifs is 1. The fourth-order valence-corrected chi connectivity index (χ4v) is 3.96. The second-order valence-corrected chi connectivity index (χ2v) is 7.69. The maximum absolute atomic E-state index is 13.8. The molecule has 1 saturated heterocycles. The SMILES string of the molecule is O=C(O)C1CCN(C(=O)/C=C/c2cccc(C(F)(F)F)c2-c2ccc3c(c2)CCOO3)C1. The molecule has 0 aliphatic carbocycles. The van der Waals surface area contributed by atoms with Crippen molar-refractivity contribution < 1.29 is 37.6 Å². The molecule has 2 aromatic rings. The van der Waals surface area contributed by atoms with Gasteiger partial charge in [-0.25, -0.2) is 0 Å². The molecule has 168 valence electrons. The monoisotopic (exact) mass is 447 g/mol. The average Bonchev–Trinajstić information content (AvgIpc) is 3.27. The van der Waals surface area contributed by atoms with E-state index in [1.54, 1.807) is 12.1 Å². The third-order valence-corrected chi connectivity index (χ3v) is 5.61. The van der Waals surface area contributed by atoms with Crippen LogP contribution in [0.3, 0.4) is 0 Å². The summed E-state index contributed by atoms with van der Waals surface area (Å²) in [6, 6.07) is 8.53. The highest BCUT2D eigenvalue weighted by Gasteiger charge is 2.35. The van der Waals surface area contributed by atoms with Crippen molar-refractivity contribution in [2.75, 3.05) is 19.7 Å². The molecule has 0 spiro atoms. The van der Waals surface area contributed by atoms with Crippen LogP contribution in [0.4, 0.5) is 13.2 Å². The van der Waals surface area contributed by atoms with Gasteiger partial charge in [0.25, 0.3) is 0 Å². The predicted molar refractivity (Wildman–Crippen MR) is 109 cm³/mol. The highest BCUT2D eigenvalue weighted by atomic mass is 19.4. The van der Waals surface area contributed by atoms with Gasteiger partial charge >= 0.3 is 12.1 Å². The number of carboxylic acids is 1. The van der Waals surface area contributed by atoms with Gasteiger partial charge < -0.3 is 14.9 Å². The van der Waals surface area contributed by atoms with E-state index >= 15 is 0 Å². The van der Waals surface area contributed by atoms with Gasteiger partial charge in [0, 0.05) is 36.7 Å². The molecule has 6 nitrogen and oxygen atoms in total. The smallest absolute Gasteiger partial charge is 0.417 e. The molecule has 1 unspecified atom stereocenters. The van der Waals surface area contributed by atoms with Crippen LogP contribution in [-0.4, -0.2) is 41.6 Å². The number of carboxylic acid groups (broad SMARTS) is 1. The van der Waals surface area contributed by atoms with E-state index in [1.807, 2.05) is 0 Å². The zero-order chi connectivity index (χ0) is 22.9. The molecule has 2 aliphatic heterocycles. The first kappa shape index (κ1) is 21.9. The van der Waals surface area contributed by atoms with E-state index < -0.39 is 29.5 Å². The van der Waals surface area contributed by atoms with Crippen LogP contribution in [0, 0.1) is 5.92 Å². The highest BCUT2D eigenvalue weighted by Crippen LogP contribution is 2.41. The summed E-state index contributed by atoms with van der Waals surface area (Å²) in [5.41, 5.74) is 0.459. The maximum Gasteiger partial charge on any atom is 0.417 e. The molecule has 1 N–H and O–H groups in total. The molecule has 0 radical (unpaired) electrons. The van der Waals surface area contributed by atoms with Gasteiger partial charge in [0.2, 0.25) is 5.91 Å². The van der Waals surface area contributed by atoms with Crippen LogP contribution >= 0.6 is 0 Å². The van der Waals surface area contributed by atoms with E-state index in [1.165, 1.54) is 35.3 Å². The lowest BCUT2D eigenvalue weighted by atomic mass is 9.92. The zero-order valence-electron chi connectivity index (χ0n) is 16.9. The van der Waals surface area contributed by atoms with E-state index in [0.29, 0.717) is 37.3 Å². The first-order chi connectivity index (χ1) is 15.2. The molecule has 0 bridgehead atoms. The average molecular weight is 447 g/mol. The van der Waals surface area contributed by atoms with Crippen molar-refractivity contribution >= 4 is 18.0 Å². The third-order valence-electron chi connectivity index (χ3n) is 5.61. The molecule has 1 atom stereocenters. The second kappa shape index (κ2) is 8.66. The Kier molecular flexibility index (Phi) is 5.92. The number of aliphatic carboxylic acids is 1. The minimum absolute atomic E-state index is 0.0387. The second-order valence-electron chi connectivity index (χ2n) is 7.69. The van der Waals surface area contributed by atoms with Crippen LogP contribution in [0.2, 0.25) is 0 Å². The molecule has 32 heavy (non-hydrogen) atoms. The summed E-state index contributed by atoms with van der Waals surface area (Å²) in [6.45, 7) is 0.676. The summed E-state index contributed by atoms with van der Waals surface area (Å²) in [6.07, 6.45) is -1.20. The van der Waals surface area contributed by atoms with Gasteiger partial charge in [-0.2, -0.15) is 18.1 Å². The third kappa shape index (κ3) is 4.47. The van der Waals surface area contributed by atoms with Crippen LogP contribution in [0.15, 0.2) is 42.5 Å². The maximum atomic E-state index is 13.8. The Hall–Kier alpha value is -3.33. The first-order valence-corrected chi connectivity index (χ1v) is 10.1. The topological polar surface area (TPSA) is 76.1 Å². The van der Waals surface area contributed by atoms with Gasteiger partial charge in [-0.05, 0) is 41.8 Å². The van der Waals surface area contributed by atoms with Crippen molar-refractivity contribution in [3.63, 3.8) is 0 Å². The fourth-order valence-electron chi connectivity index (χ4n) is 3.96. The molecule has 1 amide bonds. The first-order valence-electron chi connectivity index (χ1n) is 10.1. The number of likely N-dealkylation sites (tertiary alicyclic amines) is 1. The molecule has 1 fully saturated rings. The van der Waals surface area contributed by atoms with Gasteiger partial charge in [0.15, 0.2) is 5.75 Å². The number of benzene rings is 2. The summed E-state index contributed by atoms with van der Waals surface area (Å²) in [5, 5.41) is 9.09. The van der Waals surface area contributed by atoms with Crippen LogP contribution in [0.5, 0.6) is 5.75 Å². The van der Waals surface area contributed by atoms with E-state index in [-0.39, 0.29) is 17.7 Å². The van der Waals surface area contributed by atoms with Crippen molar-refractivity contribution in [2.24, 2.45) is 5.92 Å². The van der Waals surface area contributed by atoms with Crippen molar-refractivity contribution in [1.29, 1.82) is 0 Å². The Morgan fingerprint density at radius 3 is 2.72 bits per heavy atom. The van der Waals surface area contributed by atoms with E-state index in [4.69, 9.17) is 14.9 Å². The molecule has 2 aromatic carbocycles. The van der Waals surface area contributed by atoms with Crippen molar-refractivity contribution in [2.45, 2.75) is 19.0 Å². The molecular formula is C23H20F3NO5. The quantitative estimate of drug-likeness (QED) is 0.562. The standard InChI is InChI=1S/C23H20F3NO5/c24-23(25,26)18-3-1-2-14(5-7-20(28)27-10-8-17(13-27)22(29)30)21(18)16-4-6-19-15(12-16)9-11-31-32-19/h1-7,12,17H,8-11,13H2,(H,29,30)/b7-5+. The number of nitrogens with zero attached hydrogens (tertiary/aromatic N) is 1. The van der Waals surface area contributed by atoms with Gasteiger partial charge in [-0.15, -0.1) is 0 Å². The number of alkyl halides is 3. The fraction of sp³-hybridized carbons (Fsp3) is 0.304. The Morgan fingerprint density at radius 1 is 1.19 bits per heavy atom. The summed E-state index contributed by atoms with van der Waals surface area (Å²) in [7, 11) is 0. The summed E-state index contributed by atoms with van der Waals surface area (Å²) in [5.74, 6) is -1.57. The molecule has 9 heteroatoms. The van der Waals surface area contributed by atoms with Gasteiger partial charge in [0.05, 0.1) is 18.1 Å². The lowest BCUT2D eigenvalue weighted by Gasteiger charge is -2.19. The van der Waals surface area contributed by atoms with Crippen LogP contribution in [-0.2, 0) is 27.1 Å². The van der Waals surface area contributed by atoms with Crippen molar-refractivity contribution in [3.8, 4) is 16.9 Å². The Labute approximate surface area is 181 Å². The summed E-state index contributed by atoms with van der Waals surface area (Å²) >= 11 is 0. The van der Waals surface area contributed by atoms with Gasteiger partial charge in [-0.1, -0.05) is 18.2 Å². The molecule has 2 aliphatic rings. The number of hydrogen-bond acceptors (Lipinski definition) is 4. The number of amides is 1. The number of carbonyl (C=O) groups excluding carboxylic acids is 1. The van der Waals surface area contributed by atoms with E-state index in [0.717, 1.165) is 11.6 Å². The number of halogens is 3. The van der Waals surface area contributed by atoms with Crippen molar-refractivity contribution in [1.82, 2.24) is 4.90 Å². The van der Waals surface area contributed by atoms with Crippen LogP contribution < -0.4 is 4.89 Å². The normalized spacial score (nSPS) is 18.5. The summed E-state index contributed by atoms with van der Waals surface area (Å²) < 4.78 is 41.5. The predicted octanol–water partition coefficient (Wildman–Crippen LogP) is 4.19. The van der Waals surface area contributed by atoms with Gasteiger partial charge in [-0.3, -0.25) is 9.59 Å². The Balaban J connectivity index is 1.69. The van der Waals surface area contributed by atoms with E-state index in [9.17, 15) is 22.8 Å². The van der Waals surface area contributed by atoms with Crippen LogP contribution in [0.25, 0.3) is 17.2 Å². The Bertz CT molecular complexity index is 1080. The Morgan fingerprint density at radius 2 is 2.00 bits per heavy atom. The van der Waals surface area contributed by atoms with Crippen LogP contribution in [0.1, 0.15) is 23.1 Å².